The maximum atomic E-state index is 12.3. The van der Waals surface area contributed by atoms with E-state index in [-0.39, 0.29) is 17.4 Å². The van der Waals surface area contributed by atoms with Gasteiger partial charge in [-0.15, -0.1) is 11.3 Å². The molecule has 2 heterocycles. The Labute approximate surface area is 157 Å². The molecule has 0 saturated carbocycles. The number of thiazole rings is 1. The zero-order chi connectivity index (χ0) is 18.0. The second-order valence-corrected chi connectivity index (χ2v) is 6.80. The highest BCUT2D eigenvalue weighted by Crippen LogP contribution is 2.22. The Kier molecular flexibility index (Phi) is 5.27. The molecule has 0 spiro atoms. The summed E-state index contributed by atoms with van der Waals surface area (Å²) in [5, 5.41) is 5.05. The lowest BCUT2D eigenvalue weighted by Gasteiger charge is -2.13. The van der Waals surface area contributed by atoms with Gasteiger partial charge in [-0.05, 0) is 18.6 Å². The monoisotopic (exact) mass is 397 g/mol. The second kappa shape index (κ2) is 7.43. The van der Waals surface area contributed by atoms with Gasteiger partial charge in [0.1, 0.15) is 0 Å². The van der Waals surface area contributed by atoms with E-state index in [2.05, 4.69) is 10.3 Å². The molecule has 1 aromatic carbocycles. The fourth-order valence-electron chi connectivity index (χ4n) is 2.18. The summed E-state index contributed by atoms with van der Waals surface area (Å²) < 4.78 is 6.74. The van der Waals surface area contributed by atoms with Crippen molar-refractivity contribution >= 4 is 51.4 Å². The number of ether oxygens (including phenoxy) is 1. The minimum absolute atomic E-state index is 0.0422. The quantitative estimate of drug-likeness (QED) is 0.667. The molecule has 0 radical (unpaired) electrons. The number of amides is 1. The number of carbonyl (C=O) groups is 2. The van der Waals surface area contributed by atoms with E-state index in [0.29, 0.717) is 9.98 Å². The number of aromatic nitrogens is 2. The molecule has 0 unspecified atom stereocenters. The molecule has 0 bridgehead atoms. The third-order valence-electron chi connectivity index (χ3n) is 3.48. The van der Waals surface area contributed by atoms with Gasteiger partial charge >= 0.3 is 5.97 Å². The van der Waals surface area contributed by atoms with E-state index in [0.717, 1.165) is 5.56 Å². The van der Waals surface area contributed by atoms with Crippen LogP contribution in [0.5, 0.6) is 0 Å². The van der Waals surface area contributed by atoms with Gasteiger partial charge < -0.3 is 10.1 Å². The van der Waals surface area contributed by atoms with Crippen molar-refractivity contribution < 1.29 is 14.3 Å². The zero-order valence-corrected chi connectivity index (χ0v) is 15.4. The number of carbonyl (C=O) groups excluding carboxylic acids is 2. The third kappa shape index (κ3) is 3.78. The Bertz CT molecular complexity index is 938. The Hall–Kier alpha value is -2.09. The van der Waals surface area contributed by atoms with E-state index in [1.165, 1.54) is 22.7 Å². The first kappa shape index (κ1) is 17.7. The molecule has 9 heteroatoms. The fourth-order valence-corrected chi connectivity index (χ4v) is 3.39. The highest BCUT2D eigenvalue weighted by molar-refractivity contribution is 7.15. The predicted molar refractivity (Wildman–Crippen MR) is 96.3 cm³/mol. The molecule has 1 N–H and O–H groups in total. The van der Waals surface area contributed by atoms with E-state index in [4.69, 9.17) is 27.9 Å². The van der Waals surface area contributed by atoms with Crippen molar-refractivity contribution in [3.63, 3.8) is 0 Å². The molecular weight excluding hydrogens is 385 g/mol. The van der Waals surface area contributed by atoms with Crippen LogP contribution in [0.15, 0.2) is 35.8 Å². The van der Waals surface area contributed by atoms with Crippen molar-refractivity contribution in [3.8, 4) is 0 Å². The molecule has 0 aliphatic rings. The summed E-state index contributed by atoms with van der Waals surface area (Å²) in [6.07, 6.45) is 0.674. The van der Waals surface area contributed by atoms with Crippen molar-refractivity contribution in [3.05, 3.63) is 57.3 Å². The van der Waals surface area contributed by atoms with Crippen LogP contribution in [0.2, 0.25) is 10.2 Å². The summed E-state index contributed by atoms with van der Waals surface area (Å²) in [7, 11) is 0. The van der Waals surface area contributed by atoms with Gasteiger partial charge in [0.15, 0.2) is 21.9 Å². The average molecular weight is 398 g/mol. The maximum absolute atomic E-state index is 12.3. The average Bonchev–Trinajstić information content (AvgIpc) is 3.13. The number of hydrogen-bond acceptors (Lipinski definition) is 5. The number of hydrogen-bond donors (Lipinski definition) is 1. The van der Waals surface area contributed by atoms with E-state index in [1.807, 2.05) is 6.07 Å². The molecule has 3 aromatic rings. The van der Waals surface area contributed by atoms with Crippen LogP contribution in [0.3, 0.4) is 0 Å². The van der Waals surface area contributed by atoms with E-state index in [9.17, 15) is 9.59 Å². The first-order chi connectivity index (χ1) is 12.0. The third-order valence-corrected chi connectivity index (χ3v) is 4.87. The van der Waals surface area contributed by atoms with Crippen molar-refractivity contribution in [2.45, 2.75) is 19.6 Å². The summed E-state index contributed by atoms with van der Waals surface area (Å²) >= 11 is 13.4. The van der Waals surface area contributed by atoms with Gasteiger partial charge in [0.05, 0.1) is 0 Å². The zero-order valence-electron chi connectivity index (χ0n) is 13.0. The van der Waals surface area contributed by atoms with Gasteiger partial charge in [-0.25, -0.2) is 9.78 Å². The summed E-state index contributed by atoms with van der Waals surface area (Å²) in [4.78, 5) is 29.1. The second-order valence-electron chi connectivity index (χ2n) is 5.16. The SMILES string of the molecule is C[C@@H](OC(=O)c1c(Cl)nc2sccn12)C(=O)NCc1ccccc1Cl. The molecule has 0 aliphatic carbocycles. The summed E-state index contributed by atoms with van der Waals surface area (Å²) in [6, 6.07) is 7.17. The predicted octanol–water partition coefficient (Wildman–Crippen LogP) is 3.56. The molecule has 2 aromatic heterocycles. The highest BCUT2D eigenvalue weighted by atomic mass is 35.5. The van der Waals surface area contributed by atoms with Crippen molar-refractivity contribution in [2.24, 2.45) is 0 Å². The molecule has 1 amide bonds. The van der Waals surface area contributed by atoms with Gasteiger partial charge in [-0.3, -0.25) is 9.20 Å². The lowest BCUT2D eigenvalue weighted by molar-refractivity contribution is -0.129. The molecule has 6 nitrogen and oxygen atoms in total. The largest absolute Gasteiger partial charge is 0.448 e. The number of benzene rings is 1. The van der Waals surface area contributed by atoms with Crippen LogP contribution in [0, 0.1) is 0 Å². The lowest BCUT2D eigenvalue weighted by Crippen LogP contribution is -2.35. The number of halogens is 2. The van der Waals surface area contributed by atoms with Gasteiger partial charge in [-0.1, -0.05) is 41.4 Å². The smallest absolute Gasteiger partial charge is 0.359 e. The molecule has 3 rings (SSSR count). The standard InChI is InChI=1S/C16H13Cl2N3O3S/c1-9(14(22)19-8-10-4-2-3-5-11(10)17)24-15(23)12-13(18)20-16-21(12)6-7-25-16/h2-7,9H,8H2,1H3,(H,19,22)/t9-/m1/s1. The molecule has 0 saturated heterocycles. The Morgan fingerprint density at radius 1 is 1.36 bits per heavy atom. The first-order valence-electron chi connectivity index (χ1n) is 7.30. The fraction of sp³-hybridized carbons (Fsp3) is 0.188. The van der Waals surface area contributed by atoms with Gasteiger partial charge in [-0.2, -0.15) is 0 Å². The van der Waals surface area contributed by atoms with Crippen LogP contribution < -0.4 is 5.32 Å². The van der Waals surface area contributed by atoms with Crippen LogP contribution in [0.4, 0.5) is 0 Å². The normalized spacial score (nSPS) is 12.1. The van der Waals surface area contributed by atoms with Crippen molar-refractivity contribution in [1.29, 1.82) is 0 Å². The molecule has 0 fully saturated rings. The maximum Gasteiger partial charge on any atom is 0.359 e. The number of nitrogens with one attached hydrogen (secondary N) is 1. The minimum atomic E-state index is -0.991. The van der Waals surface area contributed by atoms with Crippen molar-refractivity contribution in [1.82, 2.24) is 14.7 Å². The van der Waals surface area contributed by atoms with E-state index < -0.39 is 18.0 Å². The van der Waals surface area contributed by atoms with Crippen LogP contribution in [0.25, 0.3) is 4.96 Å². The first-order valence-corrected chi connectivity index (χ1v) is 8.94. The number of rotatable bonds is 5. The summed E-state index contributed by atoms with van der Waals surface area (Å²) in [5.74, 6) is -1.15. The van der Waals surface area contributed by atoms with Crippen molar-refractivity contribution in [2.75, 3.05) is 0 Å². The van der Waals surface area contributed by atoms with Crippen LogP contribution >= 0.6 is 34.5 Å². The molecular formula is C16H13Cl2N3O3S. The number of esters is 1. The van der Waals surface area contributed by atoms with Gasteiger partial charge in [0.25, 0.3) is 5.91 Å². The molecule has 0 aliphatic heterocycles. The summed E-state index contributed by atoms with van der Waals surface area (Å²) in [6.45, 7) is 1.72. The number of nitrogens with zero attached hydrogens (tertiary/aromatic N) is 2. The number of fused-ring (bicyclic) bond motifs is 1. The molecule has 1 atom stereocenters. The van der Waals surface area contributed by atoms with Crippen LogP contribution in [-0.4, -0.2) is 27.4 Å². The molecule has 130 valence electrons. The van der Waals surface area contributed by atoms with Crippen LogP contribution in [-0.2, 0) is 16.1 Å². The Morgan fingerprint density at radius 3 is 2.88 bits per heavy atom. The topological polar surface area (TPSA) is 72.7 Å². The number of imidazole rings is 1. The van der Waals surface area contributed by atoms with Gasteiger partial charge in [0.2, 0.25) is 0 Å². The van der Waals surface area contributed by atoms with E-state index >= 15 is 0 Å². The van der Waals surface area contributed by atoms with Gasteiger partial charge in [0, 0.05) is 23.1 Å². The molecule has 25 heavy (non-hydrogen) atoms. The Morgan fingerprint density at radius 2 is 2.12 bits per heavy atom. The van der Waals surface area contributed by atoms with Crippen LogP contribution in [0.1, 0.15) is 23.0 Å². The summed E-state index contributed by atoms with van der Waals surface area (Å²) in [5.41, 5.74) is 0.874. The van der Waals surface area contributed by atoms with E-state index in [1.54, 1.807) is 29.8 Å². The lowest BCUT2D eigenvalue weighted by atomic mass is 10.2. The minimum Gasteiger partial charge on any atom is -0.448 e. The highest BCUT2D eigenvalue weighted by Gasteiger charge is 2.24. The Balaban J connectivity index is 1.63.